The van der Waals surface area contributed by atoms with Crippen LogP contribution in [0.3, 0.4) is 0 Å². The third-order valence-corrected chi connectivity index (χ3v) is 5.19. The first-order valence-electron chi connectivity index (χ1n) is 8.79. The van der Waals surface area contributed by atoms with Gasteiger partial charge in [0.1, 0.15) is 5.82 Å². The Morgan fingerprint density at radius 1 is 1.22 bits per heavy atom. The van der Waals surface area contributed by atoms with Crippen LogP contribution in [0.2, 0.25) is 10.0 Å². The predicted molar refractivity (Wildman–Crippen MR) is 105 cm³/mol. The van der Waals surface area contributed by atoms with Crippen LogP contribution < -0.4 is 5.32 Å². The van der Waals surface area contributed by atoms with E-state index >= 15 is 0 Å². The maximum Gasteiger partial charge on any atom is 0.224 e. The van der Waals surface area contributed by atoms with Crippen LogP contribution in [-0.4, -0.2) is 43.2 Å². The van der Waals surface area contributed by atoms with E-state index < -0.39 is 0 Å². The van der Waals surface area contributed by atoms with E-state index in [1.165, 1.54) is 6.07 Å². The van der Waals surface area contributed by atoms with Crippen molar-refractivity contribution >= 4 is 29.1 Å². The quantitative estimate of drug-likeness (QED) is 0.789. The van der Waals surface area contributed by atoms with Gasteiger partial charge < -0.3 is 10.1 Å². The highest BCUT2D eigenvalue weighted by Crippen LogP contribution is 2.23. The molecule has 7 heteroatoms. The Hall–Kier alpha value is -1.66. The number of carbonyl (C=O) groups is 1. The van der Waals surface area contributed by atoms with E-state index in [9.17, 15) is 9.18 Å². The smallest absolute Gasteiger partial charge is 0.224 e. The molecular formula is C20H21Cl2FN2O2. The van der Waals surface area contributed by atoms with Crippen molar-refractivity contribution in [2.45, 2.75) is 19.1 Å². The number of benzene rings is 2. The minimum atomic E-state index is -0.366. The van der Waals surface area contributed by atoms with Gasteiger partial charge in [-0.05, 0) is 29.3 Å². The summed E-state index contributed by atoms with van der Waals surface area (Å²) in [5.41, 5.74) is 1.47. The lowest BCUT2D eigenvalue weighted by Gasteiger charge is -2.33. The molecule has 1 aliphatic rings. The zero-order valence-corrected chi connectivity index (χ0v) is 16.3. The summed E-state index contributed by atoms with van der Waals surface area (Å²) in [4.78, 5) is 14.3. The molecule has 27 heavy (non-hydrogen) atoms. The molecule has 1 atom stereocenters. The number of amides is 1. The molecule has 2 aromatic carbocycles. The number of rotatable bonds is 6. The van der Waals surface area contributed by atoms with Gasteiger partial charge in [0.15, 0.2) is 0 Å². The van der Waals surface area contributed by atoms with E-state index in [0.717, 1.165) is 18.7 Å². The SMILES string of the molecule is O=C(Cc1ccccc1F)NCC1CN(Cc2ccc(Cl)c(Cl)c2)CCO1. The molecule has 4 nitrogen and oxygen atoms in total. The van der Waals surface area contributed by atoms with Crippen molar-refractivity contribution in [3.05, 3.63) is 69.5 Å². The lowest BCUT2D eigenvalue weighted by atomic mass is 10.1. The molecule has 1 unspecified atom stereocenters. The van der Waals surface area contributed by atoms with Crippen LogP contribution in [0, 0.1) is 5.82 Å². The number of nitrogens with zero attached hydrogens (tertiary/aromatic N) is 1. The van der Waals surface area contributed by atoms with Crippen molar-refractivity contribution in [2.24, 2.45) is 0 Å². The van der Waals surface area contributed by atoms with Crippen molar-refractivity contribution < 1.29 is 13.9 Å². The molecule has 2 aromatic rings. The molecule has 1 aliphatic heterocycles. The van der Waals surface area contributed by atoms with Crippen LogP contribution in [0.15, 0.2) is 42.5 Å². The van der Waals surface area contributed by atoms with Crippen molar-refractivity contribution in [3.63, 3.8) is 0 Å². The zero-order chi connectivity index (χ0) is 19.2. The number of hydrogen-bond acceptors (Lipinski definition) is 3. The van der Waals surface area contributed by atoms with Crippen molar-refractivity contribution in [1.82, 2.24) is 10.2 Å². The molecule has 1 N–H and O–H groups in total. The Kier molecular flexibility index (Phi) is 7.07. The first-order chi connectivity index (χ1) is 13.0. The molecular weight excluding hydrogens is 390 g/mol. The van der Waals surface area contributed by atoms with Crippen molar-refractivity contribution in [3.8, 4) is 0 Å². The number of carbonyl (C=O) groups excluding carboxylic acids is 1. The minimum absolute atomic E-state index is 0.0202. The summed E-state index contributed by atoms with van der Waals surface area (Å²) in [7, 11) is 0. The van der Waals surface area contributed by atoms with Gasteiger partial charge in [0.2, 0.25) is 5.91 Å². The Balaban J connectivity index is 1.47. The molecule has 0 spiro atoms. The topological polar surface area (TPSA) is 41.6 Å². The van der Waals surface area contributed by atoms with Gasteiger partial charge in [-0.3, -0.25) is 9.69 Å². The average molecular weight is 411 g/mol. The molecule has 1 fully saturated rings. The van der Waals surface area contributed by atoms with Gasteiger partial charge in [-0.2, -0.15) is 0 Å². The van der Waals surface area contributed by atoms with Crippen LogP contribution in [-0.2, 0) is 22.5 Å². The van der Waals surface area contributed by atoms with Gasteiger partial charge in [-0.15, -0.1) is 0 Å². The highest BCUT2D eigenvalue weighted by molar-refractivity contribution is 6.42. The van der Waals surface area contributed by atoms with Crippen LogP contribution in [0.25, 0.3) is 0 Å². The average Bonchev–Trinajstić information content (AvgIpc) is 2.65. The molecule has 1 heterocycles. The normalized spacial score (nSPS) is 17.7. The Labute approximate surface area is 168 Å². The molecule has 3 rings (SSSR count). The second kappa shape index (κ2) is 9.51. The summed E-state index contributed by atoms with van der Waals surface area (Å²) in [6, 6.07) is 11.9. The summed E-state index contributed by atoms with van der Waals surface area (Å²) >= 11 is 12.0. The largest absolute Gasteiger partial charge is 0.374 e. The Bertz CT molecular complexity index is 803. The number of halogens is 3. The molecule has 0 bridgehead atoms. The van der Waals surface area contributed by atoms with Gasteiger partial charge in [0, 0.05) is 26.2 Å². The summed E-state index contributed by atoms with van der Waals surface area (Å²) in [6.45, 7) is 3.22. The first-order valence-corrected chi connectivity index (χ1v) is 9.55. The Morgan fingerprint density at radius 3 is 2.81 bits per heavy atom. The third-order valence-electron chi connectivity index (χ3n) is 4.45. The van der Waals surface area contributed by atoms with Crippen molar-refractivity contribution in [2.75, 3.05) is 26.2 Å². The zero-order valence-electron chi connectivity index (χ0n) is 14.8. The highest BCUT2D eigenvalue weighted by Gasteiger charge is 2.21. The number of ether oxygens (including phenoxy) is 1. The van der Waals surface area contributed by atoms with Crippen molar-refractivity contribution in [1.29, 1.82) is 0 Å². The standard InChI is InChI=1S/C20H21Cl2FN2O2/c21-17-6-5-14(9-18(17)22)12-25-7-8-27-16(13-25)11-24-20(26)10-15-3-1-2-4-19(15)23/h1-6,9,16H,7-8,10-13H2,(H,24,26). The van der Waals surface area contributed by atoms with E-state index in [1.807, 2.05) is 12.1 Å². The van der Waals surface area contributed by atoms with E-state index in [0.29, 0.717) is 35.3 Å². The monoisotopic (exact) mass is 410 g/mol. The number of nitrogens with one attached hydrogen (secondary N) is 1. The maximum atomic E-state index is 13.6. The van der Waals surface area contributed by atoms with E-state index in [2.05, 4.69) is 10.2 Å². The fourth-order valence-electron chi connectivity index (χ4n) is 3.05. The van der Waals surface area contributed by atoms with Crippen LogP contribution >= 0.6 is 23.2 Å². The molecule has 0 aromatic heterocycles. The fraction of sp³-hybridized carbons (Fsp3) is 0.350. The predicted octanol–water partition coefficient (Wildman–Crippen LogP) is 3.69. The van der Waals surface area contributed by atoms with Gasteiger partial charge in [0.05, 0.1) is 29.2 Å². The maximum absolute atomic E-state index is 13.6. The third kappa shape index (κ3) is 5.91. The minimum Gasteiger partial charge on any atom is -0.374 e. The summed E-state index contributed by atoms with van der Waals surface area (Å²) < 4.78 is 19.4. The number of hydrogen-bond donors (Lipinski definition) is 1. The molecule has 0 saturated carbocycles. The second-order valence-corrected chi connectivity index (χ2v) is 7.36. The Morgan fingerprint density at radius 2 is 2.04 bits per heavy atom. The van der Waals surface area contributed by atoms with E-state index in [4.69, 9.17) is 27.9 Å². The first kappa shape index (κ1) is 20.1. The molecule has 0 radical (unpaired) electrons. The second-order valence-electron chi connectivity index (χ2n) is 6.55. The molecule has 0 aliphatic carbocycles. The summed E-state index contributed by atoms with van der Waals surface area (Å²) in [5, 5.41) is 3.91. The summed E-state index contributed by atoms with van der Waals surface area (Å²) in [6.07, 6.45) is -0.0853. The van der Waals surface area contributed by atoms with Crippen LogP contribution in [0.5, 0.6) is 0 Å². The summed E-state index contributed by atoms with van der Waals surface area (Å²) in [5.74, 6) is -0.584. The van der Waals surface area contributed by atoms with Gasteiger partial charge >= 0.3 is 0 Å². The lowest BCUT2D eigenvalue weighted by molar-refractivity contribution is -0.121. The number of morpholine rings is 1. The van der Waals surface area contributed by atoms with Crippen LogP contribution in [0.4, 0.5) is 4.39 Å². The van der Waals surface area contributed by atoms with E-state index in [-0.39, 0.29) is 24.2 Å². The van der Waals surface area contributed by atoms with Gasteiger partial charge in [-0.1, -0.05) is 47.5 Å². The molecule has 1 saturated heterocycles. The van der Waals surface area contributed by atoms with Gasteiger partial charge in [-0.25, -0.2) is 4.39 Å². The molecule has 144 valence electrons. The molecule has 1 amide bonds. The van der Waals surface area contributed by atoms with Crippen LogP contribution in [0.1, 0.15) is 11.1 Å². The lowest BCUT2D eigenvalue weighted by Crippen LogP contribution is -2.47. The highest BCUT2D eigenvalue weighted by atomic mass is 35.5. The van der Waals surface area contributed by atoms with E-state index in [1.54, 1.807) is 24.3 Å². The fourth-order valence-corrected chi connectivity index (χ4v) is 3.37. The van der Waals surface area contributed by atoms with Gasteiger partial charge in [0.25, 0.3) is 0 Å².